The standard InChI is InChI=1S/C24H26N4O2/c1-3-14-26(18-20-11-9-19(17-25)10-12-20)23(29)13-16-28-22-8-6-5-7-21(22)27(15-4-2)24(28)30/h3,5-12H,1,4,13-16,18H2,2H3. The number of aryl methyl sites for hydroxylation is 2. The lowest BCUT2D eigenvalue weighted by Crippen LogP contribution is -2.32. The van der Waals surface area contributed by atoms with Gasteiger partial charge in [0.15, 0.2) is 0 Å². The van der Waals surface area contributed by atoms with Crippen molar-refractivity contribution in [3.63, 3.8) is 0 Å². The maximum absolute atomic E-state index is 12.9. The molecule has 0 aliphatic heterocycles. The van der Waals surface area contributed by atoms with Gasteiger partial charge < -0.3 is 4.90 Å². The summed E-state index contributed by atoms with van der Waals surface area (Å²) in [4.78, 5) is 27.5. The molecular weight excluding hydrogens is 376 g/mol. The van der Waals surface area contributed by atoms with Crippen molar-refractivity contribution >= 4 is 16.9 Å². The summed E-state index contributed by atoms with van der Waals surface area (Å²) in [5.41, 5.74) is 3.21. The minimum atomic E-state index is -0.0757. The number of benzene rings is 2. The van der Waals surface area contributed by atoms with E-state index in [4.69, 9.17) is 5.26 Å². The Kier molecular flexibility index (Phi) is 6.87. The summed E-state index contributed by atoms with van der Waals surface area (Å²) < 4.78 is 3.47. The summed E-state index contributed by atoms with van der Waals surface area (Å²) in [6.07, 6.45) is 2.79. The molecule has 2 aromatic carbocycles. The topological polar surface area (TPSA) is 71.0 Å². The fourth-order valence-corrected chi connectivity index (χ4v) is 3.61. The van der Waals surface area contributed by atoms with Crippen molar-refractivity contribution in [2.75, 3.05) is 6.54 Å². The number of rotatable bonds is 9. The fraction of sp³-hybridized carbons (Fsp3) is 0.292. The van der Waals surface area contributed by atoms with Gasteiger partial charge in [0.05, 0.1) is 22.7 Å². The summed E-state index contributed by atoms with van der Waals surface area (Å²) in [7, 11) is 0. The van der Waals surface area contributed by atoms with Crippen molar-refractivity contribution in [1.82, 2.24) is 14.0 Å². The van der Waals surface area contributed by atoms with Crippen LogP contribution in [0.15, 0.2) is 66.0 Å². The molecule has 3 aromatic rings. The molecule has 0 saturated heterocycles. The van der Waals surface area contributed by atoms with Gasteiger partial charge in [0.2, 0.25) is 5.91 Å². The molecule has 30 heavy (non-hydrogen) atoms. The first-order chi connectivity index (χ1) is 14.6. The molecule has 1 heterocycles. The van der Waals surface area contributed by atoms with Gasteiger partial charge >= 0.3 is 5.69 Å². The van der Waals surface area contributed by atoms with Crippen LogP contribution in [0.5, 0.6) is 0 Å². The van der Waals surface area contributed by atoms with Crippen LogP contribution in [0.25, 0.3) is 11.0 Å². The molecule has 6 heteroatoms. The van der Waals surface area contributed by atoms with Crippen molar-refractivity contribution < 1.29 is 4.79 Å². The number of amides is 1. The molecule has 0 fully saturated rings. The van der Waals surface area contributed by atoms with Crippen LogP contribution >= 0.6 is 0 Å². The van der Waals surface area contributed by atoms with E-state index in [1.165, 1.54) is 0 Å². The molecule has 0 radical (unpaired) electrons. The number of imidazole rings is 1. The number of nitrogens with zero attached hydrogens (tertiary/aromatic N) is 4. The zero-order valence-electron chi connectivity index (χ0n) is 17.3. The summed E-state index contributed by atoms with van der Waals surface area (Å²) in [6.45, 7) is 7.63. The maximum Gasteiger partial charge on any atom is 0.329 e. The van der Waals surface area contributed by atoms with Gasteiger partial charge in [-0.05, 0) is 36.2 Å². The summed E-state index contributed by atoms with van der Waals surface area (Å²) in [5, 5.41) is 8.94. The molecule has 1 amide bonds. The highest BCUT2D eigenvalue weighted by Crippen LogP contribution is 2.15. The highest BCUT2D eigenvalue weighted by Gasteiger charge is 2.16. The van der Waals surface area contributed by atoms with Gasteiger partial charge in [0, 0.05) is 32.6 Å². The van der Waals surface area contributed by atoms with Crippen molar-refractivity contribution in [1.29, 1.82) is 5.26 Å². The quantitative estimate of drug-likeness (QED) is 0.513. The lowest BCUT2D eigenvalue weighted by atomic mass is 10.1. The molecule has 3 rings (SSSR count). The highest BCUT2D eigenvalue weighted by molar-refractivity contribution is 5.78. The fourth-order valence-electron chi connectivity index (χ4n) is 3.61. The molecule has 0 aliphatic carbocycles. The van der Waals surface area contributed by atoms with Gasteiger partial charge in [-0.2, -0.15) is 5.26 Å². The zero-order chi connectivity index (χ0) is 21.5. The van der Waals surface area contributed by atoms with Crippen molar-refractivity contribution in [2.24, 2.45) is 0 Å². The monoisotopic (exact) mass is 402 g/mol. The van der Waals surface area contributed by atoms with E-state index in [9.17, 15) is 9.59 Å². The van der Waals surface area contributed by atoms with E-state index in [0.717, 1.165) is 23.0 Å². The molecule has 154 valence electrons. The van der Waals surface area contributed by atoms with Gasteiger partial charge in [-0.3, -0.25) is 13.9 Å². The van der Waals surface area contributed by atoms with Crippen LogP contribution in [-0.4, -0.2) is 26.5 Å². The van der Waals surface area contributed by atoms with Gasteiger partial charge in [-0.1, -0.05) is 37.3 Å². The van der Waals surface area contributed by atoms with E-state index in [-0.39, 0.29) is 18.0 Å². The van der Waals surface area contributed by atoms with Gasteiger partial charge in [0.1, 0.15) is 0 Å². The second-order valence-electron chi connectivity index (χ2n) is 7.20. The van der Waals surface area contributed by atoms with Crippen LogP contribution in [0.3, 0.4) is 0 Å². The first-order valence-electron chi connectivity index (χ1n) is 10.1. The summed E-state index contributed by atoms with van der Waals surface area (Å²) in [6, 6.07) is 17.0. The minimum absolute atomic E-state index is 0.0431. The van der Waals surface area contributed by atoms with Crippen molar-refractivity contribution in [3.8, 4) is 6.07 Å². The zero-order valence-corrected chi connectivity index (χ0v) is 17.3. The molecule has 0 spiro atoms. The van der Waals surface area contributed by atoms with Crippen LogP contribution in [0, 0.1) is 11.3 Å². The van der Waals surface area contributed by atoms with Crippen LogP contribution < -0.4 is 5.69 Å². The number of para-hydroxylation sites is 2. The van der Waals surface area contributed by atoms with Crippen molar-refractivity contribution in [3.05, 3.63) is 82.8 Å². The number of fused-ring (bicyclic) bond motifs is 1. The molecule has 6 nitrogen and oxygen atoms in total. The number of carbonyl (C=O) groups is 1. The van der Waals surface area contributed by atoms with E-state index < -0.39 is 0 Å². The average Bonchev–Trinajstić information content (AvgIpc) is 3.03. The number of aromatic nitrogens is 2. The molecule has 0 bridgehead atoms. The van der Waals surface area contributed by atoms with E-state index in [2.05, 4.69) is 12.6 Å². The predicted molar refractivity (Wildman–Crippen MR) is 118 cm³/mol. The Morgan fingerprint density at radius 2 is 1.73 bits per heavy atom. The molecule has 0 N–H and O–H groups in total. The number of nitriles is 1. The van der Waals surface area contributed by atoms with E-state index >= 15 is 0 Å². The number of carbonyl (C=O) groups excluding carboxylic acids is 1. The lowest BCUT2D eigenvalue weighted by molar-refractivity contribution is -0.131. The first-order valence-corrected chi connectivity index (χ1v) is 10.1. The van der Waals surface area contributed by atoms with Crippen LogP contribution in [0.1, 0.15) is 30.9 Å². The second kappa shape index (κ2) is 9.75. The highest BCUT2D eigenvalue weighted by atomic mass is 16.2. The molecule has 0 unspecified atom stereocenters. The van der Waals surface area contributed by atoms with Gasteiger partial charge in [0.25, 0.3) is 0 Å². The predicted octanol–water partition coefficient (Wildman–Crippen LogP) is 3.69. The van der Waals surface area contributed by atoms with Gasteiger partial charge in [-0.25, -0.2) is 4.79 Å². The third-order valence-electron chi connectivity index (χ3n) is 5.08. The molecular formula is C24H26N4O2. The first kappa shape index (κ1) is 21.1. The van der Waals surface area contributed by atoms with Crippen LogP contribution in [0.2, 0.25) is 0 Å². The Balaban J connectivity index is 1.77. The van der Waals surface area contributed by atoms with Gasteiger partial charge in [-0.15, -0.1) is 6.58 Å². The SMILES string of the molecule is C=CCN(Cc1ccc(C#N)cc1)C(=O)CCn1c(=O)n(CCC)c2ccccc21. The Bertz CT molecular complexity index is 1130. The Morgan fingerprint density at radius 3 is 2.30 bits per heavy atom. The summed E-state index contributed by atoms with van der Waals surface area (Å²) in [5.74, 6) is -0.0431. The second-order valence-corrected chi connectivity index (χ2v) is 7.20. The smallest absolute Gasteiger partial charge is 0.329 e. The average molecular weight is 402 g/mol. The molecule has 0 aliphatic rings. The Labute approximate surface area is 176 Å². The largest absolute Gasteiger partial charge is 0.335 e. The Hall–Kier alpha value is -3.59. The minimum Gasteiger partial charge on any atom is -0.335 e. The number of hydrogen-bond acceptors (Lipinski definition) is 3. The van der Waals surface area contributed by atoms with E-state index in [0.29, 0.717) is 31.7 Å². The molecule has 0 saturated carbocycles. The van der Waals surface area contributed by atoms with E-state index in [1.807, 2.05) is 43.3 Å². The third kappa shape index (κ3) is 4.52. The maximum atomic E-state index is 12.9. The molecule has 1 aromatic heterocycles. The third-order valence-corrected chi connectivity index (χ3v) is 5.08. The van der Waals surface area contributed by atoms with E-state index in [1.54, 1.807) is 32.2 Å². The molecule has 0 atom stereocenters. The van der Waals surface area contributed by atoms with Crippen LogP contribution in [-0.2, 0) is 24.4 Å². The van der Waals surface area contributed by atoms with Crippen LogP contribution in [0.4, 0.5) is 0 Å². The summed E-state index contributed by atoms with van der Waals surface area (Å²) >= 11 is 0. The van der Waals surface area contributed by atoms with Crippen molar-refractivity contribution in [2.45, 2.75) is 39.4 Å². The normalized spacial score (nSPS) is 10.7. The lowest BCUT2D eigenvalue weighted by Gasteiger charge is -2.21. The number of hydrogen-bond donors (Lipinski definition) is 0. The Morgan fingerprint density at radius 1 is 1.10 bits per heavy atom.